The van der Waals surface area contributed by atoms with Crippen LogP contribution in [-0.2, 0) is 9.59 Å². The Bertz CT molecular complexity index is 646. The number of benzene rings is 2. The van der Waals surface area contributed by atoms with Crippen LogP contribution in [-0.4, -0.2) is 29.3 Å². The summed E-state index contributed by atoms with van der Waals surface area (Å²) in [6, 6.07) is 18.9. The van der Waals surface area contributed by atoms with Crippen molar-refractivity contribution in [2.24, 2.45) is 5.73 Å². The van der Waals surface area contributed by atoms with Gasteiger partial charge in [-0.3, -0.25) is 9.59 Å². The predicted molar refractivity (Wildman–Crippen MR) is 88.7 cm³/mol. The Hall–Kier alpha value is -2.62. The van der Waals surface area contributed by atoms with Crippen molar-refractivity contribution in [3.8, 4) is 0 Å². The van der Waals surface area contributed by atoms with Crippen LogP contribution in [0.15, 0.2) is 60.7 Å². The van der Waals surface area contributed by atoms with Gasteiger partial charge in [0.15, 0.2) is 0 Å². The summed E-state index contributed by atoms with van der Waals surface area (Å²) >= 11 is 0. The van der Waals surface area contributed by atoms with Crippen molar-refractivity contribution in [2.75, 3.05) is 6.54 Å². The van der Waals surface area contributed by atoms with Crippen molar-refractivity contribution in [1.29, 1.82) is 0 Å². The topological polar surface area (TPSA) is 63.4 Å². The number of nitrogens with two attached hydrogens (primary N) is 1. The van der Waals surface area contributed by atoms with Crippen molar-refractivity contribution in [3.63, 3.8) is 0 Å². The van der Waals surface area contributed by atoms with E-state index in [0.717, 1.165) is 17.5 Å². The smallest absolute Gasteiger partial charge is 0.240 e. The third-order valence-electron chi connectivity index (χ3n) is 4.38. The van der Waals surface area contributed by atoms with Crippen molar-refractivity contribution in [2.45, 2.75) is 24.8 Å². The second-order valence-corrected chi connectivity index (χ2v) is 5.85. The Labute approximate surface area is 135 Å². The molecule has 4 heteroatoms. The lowest BCUT2D eigenvalue weighted by Crippen LogP contribution is -2.45. The molecule has 0 spiro atoms. The zero-order valence-corrected chi connectivity index (χ0v) is 12.9. The number of nitrogens with zero attached hydrogens (tertiary/aromatic N) is 1. The molecule has 0 aliphatic carbocycles. The fourth-order valence-electron chi connectivity index (χ4n) is 3.26. The highest BCUT2D eigenvalue weighted by atomic mass is 16.2. The van der Waals surface area contributed by atoms with E-state index in [1.807, 2.05) is 60.7 Å². The van der Waals surface area contributed by atoms with Crippen molar-refractivity contribution >= 4 is 11.8 Å². The number of rotatable bonds is 4. The zero-order valence-electron chi connectivity index (χ0n) is 12.9. The van der Waals surface area contributed by atoms with Gasteiger partial charge in [-0.1, -0.05) is 60.7 Å². The number of likely N-dealkylation sites (tertiary alicyclic amines) is 1. The monoisotopic (exact) mass is 308 g/mol. The van der Waals surface area contributed by atoms with Crippen LogP contribution in [0.2, 0.25) is 0 Å². The quantitative estimate of drug-likeness (QED) is 0.942. The molecule has 0 saturated carbocycles. The summed E-state index contributed by atoms with van der Waals surface area (Å²) in [5.41, 5.74) is 7.33. The zero-order chi connectivity index (χ0) is 16.2. The molecule has 118 valence electrons. The summed E-state index contributed by atoms with van der Waals surface area (Å²) in [6.45, 7) is 0.586. The highest BCUT2D eigenvalue weighted by molar-refractivity contribution is 5.92. The van der Waals surface area contributed by atoms with E-state index in [-0.39, 0.29) is 5.91 Å². The summed E-state index contributed by atoms with van der Waals surface area (Å²) in [7, 11) is 0. The van der Waals surface area contributed by atoms with Crippen LogP contribution in [0.5, 0.6) is 0 Å². The van der Waals surface area contributed by atoms with Crippen LogP contribution in [0, 0.1) is 0 Å². The maximum absolute atomic E-state index is 13.2. The largest absolute Gasteiger partial charge is 0.368 e. The molecule has 2 amide bonds. The van der Waals surface area contributed by atoms with Gasteiger partial charge in [0, 0.05) is 6.54 Å². The molecule has 23 heavy (non-hydrogen) atoms. The molecule has 0 aromatic heterocycles. The van der Waals surface area contributed by atoms with E-state index in [1.54, 1.807) is 4.90 Å². The normalized spacial score (nSPS) is 17.4. The third-order valence-corrected chi connectivity index (χ3v) is 4.38. The van der Waals surface area contributed by atoms with E-state index in [9.17, 15) is 9.59 Å². The molecule has 1 saturated heterocycles. The first-order valence-electron chi connectivity index (χ1n) is 7.88. The minimum atomic E-state index is -0.488. The first kappa shape index (κ1) is 15.3. The second kappa shape index (κ2) is 6.65. The van der Waals surface area contributed by atoms with Crippen LogP contribution >= 0.6 is 0 Å². The lowest BCUT2D eigenvalue weighted by Gasteiger charge is -2.28. The molecular formula is C19H20N2O2. The van der Waals surface area contributed by atoms with Crippen molar-refractivity contribution < 1.29 is 9.59 Å². The third kappa shape index (κ3) is 3.11. The molecule has 2 aromatic rings. The summed E-state index contributed by atoms with van der Waals surface area (Å²) in [5, 5.41) is 0. The lowest BCUT2D eigenvalue weighted by molar-refractivity contribution is -0.137. The highest BCUT2D eigenvalue weighted by Crippen LogP contribution is 2.30. The summed E-state index contributed by atoms with van der Waals surface area (Å²) in [6.07, 6.45) is 1.47. The Kier molecular flexibility index (Phi) is 4.42. The molecule has 1 fully saturated rings. The van der Waals surface area contributed by atoms with Gasteiger partial charge in [-0.2, -0.15) is 0 Å². The van der Waals surface area contributed by atoms with Gasteiger partial charge in [-0.25, -0.2) is 0 Å². The van der Waals surface area contributed by atoms with E-state index >= 15 is 0 Å². The number of amides is 2. The minimum Gasteiger partial charge on any atom is -0.368 e. The molecule has 1 aliphatic rings. The number of carbonyl (C=O) groups excluding carboxylic acids is 2. The molecule has 1 heterocycles. The highest BCUT2D eigenvalue weighted by Gasteiger charge is 2.37. The molecule has 1 aliphatic heterocycles. The van der Waals surface area contributed by atoms with E-state index in [2.05, 4.69) is 0 Å². The maximum atomic E-state index is 13.2. The van der Waals surface area contributed by atoms with E-state index in [0.29, 0.717) is 13.0 Å². The van der Waals surface area contributed by atoms with Crippen molar-refractivity contribution in [3.05, 3.63) is 71.8 Å². The average molecular weight is 308 g/mol. The summed E-state index contributed by atoms with van der Waals surface area (Å²) < 4.78 is 0. The molecule has 0 radical (unpaired) electrons. The first-order chi connectivity index (χ1) is 11.2. The van der Waals surface area contributed by atoms with Crippen LogP contribution in [0.4, 0.5) is 0 Å². The Morgan fingerprint density at radius 3 is 1.96 bits per heavy atom. The van der Waals surface area contributed by atoms with Gasteiger partial charge in [-0.15, -0.1) is 0 Å². The number of carbonyl (C=O) groups is 2. The number of primary amides is 1. The van der Waals surface area contributed by atoms with Gasteiger partial charge in [0.25, 0.3) is 0 Å². The minimum absolute atomic E-state index is 0.0521. The van der Waals surface area contributed by atoms with Gasteiger partial charge < -0.3 is 10.6 Å². The molecule has 2 N–H and O–H groups in total. The first-order valence-corrected chi connectivity index (χ1v) is 7.88. The molecule has 4 nitrogen and oxygen atoms in total. The van der Waals surface area contributed by atoms with Crippen LogP contribution < -0.4 is 5.73 Å². The lowest BCUT2D eigenvalue weighted by atomic mass is 9.90. The molecule has 0 bridgehead atoms. The van der Waals surface area contributed by atoms with E-state index in [1.165, 1.54) is 0 Å². The Morgan fingerprint density at radius 2 is 1.48 bits per heavy atom. The van der Waals surface area contributed by atoms with Crippen LogP contribution in [0.3, 0.4) is 0 Å². The SMILES string of the molecule is NC(=O)C1CCCN1C(=O)C(c1ccccc1)c1ccccc1. The number of hydrogen-bond donors (Lipinski definition) is 1. The van der Waals surface area contributed by atoms with Gasteiger partial charge in [0.1, 0.15) is 6.04 Å². The van der Waals surface area contributed by atoms with E-state index < -0.39 is 17.9 Å². The fraction of sp³-hybridized carbons (Fsp3) is 0.263. The average Bonchev–Trinajstić information content (AvgIpc) is 3.07. The van der Waals surface area contributed by atoms with Gasteiger partial charge >= 0.3 is 0 Å². The predicted octanol–water partition coefficient (Wildman–Crippen LogP) is 2.29. The molecular weight excluding hydrogens is 288 g/mol. The Balaban J connectivity index is 1.99. The molecule has 2 aromatic carbocycles. The van der Waals surface area contributed by atoms with Crippen molar-refractivity contribution in [1.82, 2.24) is 4.90 Å². The molecule has 3 rings (SSSR count). The summed E-state index contributed by atoms with van der Waals surface area (Å²) in [4.78, 5) is 26.5. The Morgan fingerprint density at radius 1 is 0.957 bits per heavy atom. The van der Waals surface area contributed by atoms with Gasteiger partial charge in [0.2, 0.25) is 11.8 Å². The maximum Gasteiger partial charge on any atom is 0.240 e. The fourth-order valence-corrected chi connectivity index (χ4v) is 3.26. The molecule has 1 unspecified atom stereocenters. The second-order valence-electron chi connectivity index (χ2n) is 5.85. The summed E-state index contributed by atoms with van der Waals surface area (Å²) in [5.74, 6) is -0.878. The van der Waals surface area contributed by atoms with Crippen LogP contribution in [0.25, 0.3) is 0 Å². The number of hydrogen-bond acceptors (Lipinski definition) is 2. The van der Waals surface area contributed by atoms with Gasteiger partial charge in [-0.05, 0) is 24.0 Å². The van der Waals surface area contributed by atoms with E-state index in [4.69, 9.17) is 5.73 Å². The van der Waals surface area contributed by atoms with Gasteiger partial charge in [0.05, 0.1) is 5.92 Å². The van der Waals surface area contributed by atoms with Crippen LogP contribution in [0.1, 0.15) is 29.9 Å². The molecule has 1 atom stereocenters. The standard InChI is InChI=1S/C19H20N2O2/c20-18(22)16-12-7-13-21(16)19(23)17(14-8-3-1-4-9-14)15-10-5-2-6-11-15/h1-6,8-11,16-17H,7,12-13H2,(H2,20,22).